The molecule has 0 radical (unpaired) electrons. The van der Waals surface area contributed by atoms with Crippen molar-refractivity contribution in [3.05, 3.63) is 66.7 Å². The van der Waals surface area contributed by atoms with Crippen LogP contribution in [0, 0.1) is 11.8 Å². The second-order valence-corrected chi connectivity index (χ2v) is 9.08. The first-order valence-corrected chi connectivity index (χ1v) is 11.8. The minimum atomic E-state index is -0.107. The van der Waals surface area contributed by atoms with E-state index in [1.54, 1.807) is 0 Å². The number of hydrogen-bond acceptors (Lipinski definition) is 4. The largest absolute Gasteiger partial charge is 0.369 e. The molecule has 2 aliphatic heterocycles. The lowest BCUT2D eigenvalue weighted by Crippen LogP contribution is -2.47. The highest BCUT2D eigenvalue weighted by Crippen LogP contribution is 2.35. The van der Waals surface area contributed by atoms with Crippen LogP contribution in [0.4, 0.5) is 5.69 Å². The first kappa shape index (κ1) is 23.5. The van der Waals surface area contributed by atoms with Gasteiger partial charge >= 0.3 is 0 Å². The second-order valence-electron chi connectivity index (χ2n) is 9.08. The zero-order valence-electron chi connectivity index (χ0n) is 18.9. The minimum absolute atomic E-state index is 0. The number of imide groups is 1. The number of rotatable bonds is 6. The molecule has 3 aliphatic rings. The fourth-order valence-electron chi connectivity index (χ4n) is 5.27. The zero-order valence-corrected chi connectivity index (χ0v) is 19.8. The molecule has 5 nitrogen and oxygen atoms in total. The van der Waals surface area contributed by atoms with Crippen LogP contribution in [0.25, 0.3) is 11.1 Å². The van der Waals surface area contributed by atoms with E-state index in [2.05, 4.69) is 58.3 Å². The van der Waals surface area contributed by atoms with Gasteiger partial charge in [0, 0.05) is 38.4 Å². The van der Waals surface area contributed by atoms with Crippen molar-refractivity contribution in [2.24, 2.45) is 11.8 Å². The highest BCUT2D eigenvalue weighted by molar-refractivity contribution is 6.05. The van der Waals surface area contributed by atoms with E-state index in [0.29, 0.717) is 6.54 Å². The third-order valence-electron chi connectivity index (χ3n) is 7.17. The third-order valence-corrected chi connectivity index (χ3v) is 7.17. The summed E-state index contributed by atoms with van der Waals surface area (Å²) in [4.78, 5) is 31.6. The van der Waals surface area contributed by atoms with Crippen molar-refractivity contribution in [3.8, 4) is 11.1 Å². The van der Waals surface area contributed by atoms with E-state index < -0.39 is 0 Å². The molecule has 33 heavy (non-hydrogen) atoms. The first-order valence-electron chi connectivity index (χ1n) is 11.8. The van der Waals surface area contributed by atoms with E-state index in [1.807, 2.05) is 18.2 Å². The van der Waals surface area contributed by atoms with Gasteiger partial charge in [0.05, 0.1) is 11.8 Å². The average molecular weight is 466 g/mol. The second kappa shape index (κ2) is 10.5. The van der Waals surface area contributed by atoms with Gasteiger partial charge in [0.2, 0.25) is 11.8 Å². The Morgan fingerprint density at radius 3 is 1.88 bits per heavy atom. The molecule has 174 valence electrons. The molecule has 5 rings (SSSR count). The van der Waals surface area contributed by atoms with Gasteiger partial charge in [-0.05, 0) is 49.1 Å². The summed E-state index contributed by atoms with van der Waals surface area (Å²) >= 11 is 0. The van der Waals surface area contributed by atoms with Crippen molar-refractivity contribution in [2.45, 2.75) is 19.3 Å². The molecule has 6 heteroatoms. The summed E-state index contributed by atoms with van der Waals surface area (Å²) in [6.45, 7) is 5.52. The van der Waals surface area contributed by atoms with Gasteiger partial charge in [-0.1, -0.05) is 54.6 Å². The van der Waals surface area contributed by atoms with Crippen LogP contribution in [-0.4, -0.2) is 60.9 Å². The Morgan fingerprint density at radius 1 is 0.697 bits per heavy atom. The molecule has 2 heterocycles. The quantitative estimate of drug-likeness (QED) is 0.473. The van der Waals surface area contributed by atoms with Gasteiger partial charge in [0.25, 0.3) is 0 Å². The lowest BCUT2D eigenvalue weighted by molar-refractivity contribution is -0.140. The molecule has 0 saturated carbocycles. The molecule has 0 aromatic heterocycles. The minimum Gasteiger partial charge on any atom is -0.369 e. The molecule has 2 amide bonds. The van der Waals surface area contributed by atoms with E-state index in [-0.39, 0.29) is 36.1 Å². The average Bonchev–Trinajstić information content (AvgIpc) is 3.10. The van der Waals surface area contributed by atoms with Gasteiger partial charge < -0.3 is 4.90 Å². The summed E-state index contributed by atoms with van der Waals surface area (Å²) in [6.07, 6.45) is 6.39. The molecule has 2 aromatic rings. The summed E-state index contributed by atoms with van der Waals surface area (Å²) in [5.74, 6) is -0.116. The fourth-order valence-corrected chi connectivity index (χ4v) is 5.27. The van der Waals surface area contributed by atoms with Crippen molar-refractivity contribution in [2.75, 3.05) is 44.2 Å². The Bertz CT molecular complexity index is 958. The van der Waals surface area contributed by atoms with E-state index in [0.717, 1.165) is 52.0 Å². The first-order chi connectivity index (χ1) is 15.7. The Morgan fingerprint density at radius 2 is 1.27 bits per heavy atom. The van der Waals surface area contributed by atoms with Crippen LogP contribution in [0.1, 0.15) is 19.3 Å². The lowest BCUT2D eigenvalue weighted by atomic mass is 9.85. The standard InChI is InChI=1S/C27H31N3O2.ClH/c31-26-24-9-4-5-10-25(24)27(32)30(26)16-6-15-28-17-19-29(20-18-28)23-13-11-22(12-14-23)21-7-2-1-3-8-21;/h1-5,7-8,11-14,24-25H,6,9-10,15-20H2;1H. The number of hydrogen-bond donors (Lipinski definition) is 0. The van der Waals surface area contributed by atoms with Crippen LogP contribution >= 0.6 is 12.4 Å². The topological polar surface area (TPSA) is 43.9 Å². The maximum atomic E-state index is 12.6. The van der Waals surface area contributed by atoms with E-state index in [9.17, 15) is 9.59 Å². The number of allylic oxidation sites excluding steroid dienone is 2. The van der Waals surface area contributed by atoms with E-state index in [1.165, 1.54) is 21.7 Å². The predicted octanol–water partition coefficient (Wildman–Crippen LogP) is 4.24. The smallest absolute Gasteiger partial charge is 0.233 e. The number of fused-ring (bicyclic) bond motifs is 1. The van der Waals surface area contributed by atoms with Crippen LogP contribution in [0.15, 0.2) is 66.7 Å². The number of benzene rings is 2. The number of carbonyl (C=O) groups is 2. The maximum absolute atomic E-state index is 12.6. The monoisotopic (exact) mass is 465 g/mol. The predicted molar refractivity (Wildman–Crippen MR) is 134 cm³/mol. The van der Waals surface area contributed by atoms with Gasteiger partial charge in [0.1, 0.15) is 0 Å². The highest BCUT2D eigenvalue weighted by Gasteiger charge is 2.46. The SMILES string of the molecule is Cl.O=C1C2CC=CCC2C(=O)N1CCCN1CCN(c2ccc(-c3ccccc3)cc2)CC1. The number of piperazine rings is 1. The van der Waals surface area contributed by atoms with Crippen molar-refractivity contribution < 1.29 is 9.59 Å². The van der Waals surface area contributed by atoms with E-state index >= 15 is 0 Å². The highest BCUT2D eigenvalue weighted by atomic mass is 35.5. The van der Waals surface area contributed by atoms with Crippen LogP contribution in [0.2, 0.25) is 0 Å². The Balaban J connectivity index is 0.00000259. The van der Waals surface area contributed by atoms with E-state index in [4.69, 9.17) is 0 Å². The number of halogens is 1. The third kappa shape index (κ3) is 4.99. The van der Waals surface area contributed by atoms with Gasteiger partial charge in [-0.15, -0.1) is 12.4 Å². The van der Waals surface area contributed by atoms with Gasteiger partial charge in [-0.3, -0.25) is 19.4 Å². The molecule has 2 unspecified atom stereocenters. The van der Waals surface area contributed by atoms with Crippen molar-refractivity contribution in [1.82, 2.24) is 9.80 Å². The summed E-state index contributed by atoms with van der Waals surface area (Å²) in [7, 11) is 0. The normalized spacial score (nSPS) is 22.9. The van der Waals surface area contributed by atoms with Gasteiger partial charge in [-0.2, -0.15) is 0 Å². The summed E-state index contributed by atoms with van der Waals surface area (Å²) in [5.41, 5.74) is 3.76. The Kier molecular flexibility index (Phi) is 7.51. The van der Waals surface area contributed by atoms with Gasteiger partial charge in [0.15, 0.2) is 0 Å². The van der Waals surface area contributed by atoms with Crippen LogP contribution in [-0.2, 0) is 9.59 Å². The number of carbonyl (C=O) groups excluding carboxylic acids is 2. The number of likely N-dealkylation sites (tertiary alicyclic amines) is 1. The number of amides is 2. The van der Waals surface area contributed by atoms with Gasteiger partial charge in [-0.25, -0.2) is 0 Å². The van der Waals surface area contributed by atoms with Crippen molar-refractivity contribution >= 4 is 29.9 Å². The van der Waals surface area contributed by atoms with Crippen molar-refractivity contribution in [1.29, 1.82) is 0 Å². The summed E-state index contributed by atoms with van der Waals surface area (Å²) in [6, 6.07) is 19.3. The maximum Gasteiger partial charge on any atom is 0.233 e. The van der Waals surface area contributed by atoms with Crippen LogP contribution in [0.5, 0.6) is 0 Å². The van der Waals surface area contributed by atoms with Crippen molar-refractivity contribution in [3.63, 3.8) is 0 Å². The molecule has 1 aliphatic carbocycles. The molecule has 2 fully saturated rings. The molecule has 0 bridgehead atoms. The Labute approximate surface area is 202 Å². The number of anilines is 1. The molecule has 0 N–H and O–H groups in total. The molecular formula is C27H32ClN3O2. The van der Waals surface area contributed by atoms with Crippen LogP contribution in [0.3, 0.4) is 0 Å². The number of nitrogens with zero attached hydrogens (tertiary/aromatic N) is 3. The lowest BCUT2D eigenvalue weighted by Gasteiger charge is -2.36. The Hall–Kier alpha value is -2.63. The fraction of sp³-hybridized carbons (Fsp3) is 0.407. The molecule has 0 spiro atoms. The zero-order chi connectivity index (χ0) is 21.9. The summed E-state index contributed by atoms with van der Waals surface area (Å²) in [5, 5.41) is 0. The summed E-state index contributed by atoms with van der Waals surface area (Å²) < 4.78 is 0. The molecule has 2 saturated heterocycles. The molecule has 2 atom stereocenters. The van der Waals surface area contributed by atoms with Crippen LogP contribution < -0.4 is 4.90 Å². The molecule has 2 aromatic carbocycles. The molecular weight excluding hydrogens is 434 g/mol.